The summed E-state index contributed by atoms with van der Waals surface area (Å²) in [4.78, 5) is 15.5. The summed E-state index contributed by atoms with van der Waals surface area (Å²) in [6, 6.07) is 11.7. The number of piperidine rings is 1. The minimum atomic E-state index is -3.95. The Labute approximate surface area is 230 Å². The molecule has 0 bridgehead atoms. The maximum absolute atomic E-state index is 13.9. The van der Waals surface area contributed by atoms with E-state index in [1.54, 1.807) is 17.9 Å². The Hall–Kier alpha value is -3.43. The van der Waals surface area contributed by atoms with Crippen molar-refractivity contribution < 1.29 is 22.5 Å². The zero-order valence-corrected chi connectivity index (χ0v) is 23.9. The number of para-hydroxylation sites is 2. The third-order valence-corrected chi connectivity index (χ3v) is 9.52. The second-order valence-electron chi connectivity index (χ2n) is 10.7. The minimum Gasteiger partial charge on any atom is -0.487 e. The third kappa shape index (κ3) is 5.25. The lowest BCUT2D eigenvalue weighted by Gasteiger charge is -2.38. The first-order chi connectivity index (χ1) is 18.6. The van der Waals surface area contributed by atoms with E-state index < -0.39 is 15.9 Å². The van der Waals surface area contributed by atoms with Crippen molar-refractivity contribution in [1.82, 2.24) is 9.46 Å². The van der Waals surface area contributed by atoms with E-state index in [0.29, 0.717) is 37.4 Å². The Bertz CT molecular complexity index is 1520. The van der Waals surface area contributed by atoms with Gasteiger partial charge in [0, 0.05) is 13.1 Å². The lowest BCUT2D eigenvalue weighted by molar-refractivity contribution is -0.123. The predicted molar refractivity (Wildman–Crippen MR) is 151 cm³/mol. The van der Waals surface area contributed by atoms with Gasteiger partial charge in [-0.15, -0.1) is 0 Å². The third-order valence-electron chi connectivity index (χ3n) is 7.49. The highest BCUT2D eigenvalue weighted by atomic mass is 32.2. The molecule has 1 fully saturated rings. The number of hydrogen-bond donors (Lipinski definition) is 0. The van der Waals surface area contributed by atoms with E-state index in [2.05, 4.69) is 17.3 Å². The highest BCUT2D eigenvalue weighted by molar-refractivity contribution is 7.89. The summed E-state index contributed by atoms with van der Waals surface area (Å²) in [7, 11) is -3.95. The number of carbonyl (C=O) groups is 1. The van der Waals surface area contributed by atoms with Gasteiger partial charge in [-0.05, 0) is 82.4 Å². The smallest absolute Gasteiger partial charge is 0.248 e. The molecule has 2 aliphatic heterocycles. The van der Waals surface area contributed by atoms with Gasteiger partial charge in [0.2, 0.25) is 15.9 Å². The standard InChI is InChI=1S/C30H35N3O5S/c1-19-15-20(2)25(21(3)16-19)12-13-28-29(23(5)31-38-28)39(35,36)32-14-8-9-24(18-32)30(34)33-17-22(4)37-27-11-7-6-10-26(27)33/h6-7,10-13,15-16,22,24H,8-9,14,17-18H2,1-5H3/b13-12+. The van der Waals surface area contributed by atoms with Gasteiger partial charge in [-0.2, -0.15) is 4.31 Å². The summed E-state index contributed by atoms with van der Waals surface area (Å²) in [5, 5.41) is 3.99. The van der Waals surface area contributed by atoms with E-state index in [4.69, 9.17) is 9.26 Å². The number of ether oxygens (including phenoxy) is 1. The van der Waals surface area contributed by atoms with Crippen LogP contribution in [0.2, 0.25) is 0 Å². The average molecular weight is 550 g/mol. The van der Waals surface area contributed by atoms with Gasteiger partial charge >= 0.3 is 0 Å². The Morgan fingerprint density at radius 2 is 1.77 bits per heavy atom. The van der Waals surface area contributed by atoms with Crippen molar-refractivity contribution in [3.8, 4) is 5.75 Å². The Balaban J connectivity index is 1.40. The Kier molecular flexibility index (Phi) is 7.39. The first-order valence-corrected chi connectivity index (χ1v) is 14.8. The molecule has 0 N–H and O–H groups in total. The van der Waals surface area contributed by atoms with E-state index in [-0.39, 0.29) is 29.2 Å². The number of fused-ring (bicyclic) bond motifs is 1. The molecule has 206 valence electrons. The number of hydrogen-bond acceptors (Lipinski definition) is 6. The SMILES string of the molecule is Cc1cc(C)c(/C=C/c2onc(C)c2S(=O)(=O)N2CCCC(C(=O)N3CC(C)Oc4ccccc43)C2)c(C)c1. The van der Waals surface area contributed by atoms with Crippen molar-refractivity contribution in [3.05, 3.63) is 70.1 Å². The van der Waals surface area contributed by atoms with Gasteiger partial charge in [-0.25, -0.2) is 8.42 Å². The second-order valence-corrected chi connectivity index (χ2v) is 12.5. The molecule has 0 radical (unpaired) electrons. The van der Waals surface area contributed by atoms with Crippen LogP contribution >= 0.6 is 0 Å². The van der Waals surface area contributed by atoms with Crippen molar-refractivity contribution in [3.63, 3.8) is 0 Å². The van der Waals surface area contributed by atoms with Gasteiger partial charge in [0.1, 0.15) is 17.5 Å². The maximum Gasteiger partial charge on any atom is 0.248 e. The van der Waals surface area contributed by atoms with E-state index in [9.17, 15) is 13.2 Å². The van der Waals surface area contributed by atoms with Crippen LogP contribution in [-0.2, 0) is 14.8 Å². The summed E-state index contributed by atoms with van der Waals surface area (Å²) in [5.41, 5.74) is 5.41. The molecular weight excluding hydrogens is 514 g/mol. The number of carbonyl (C=O) groups excluding carboxylic acids is 1. The Morgan fingerprint density at radius 1 is 1.05 bits per heavy atom. The van der Waals surface area contributed by atoms with Crippen molar-refractivity contribution in [2.75, 3.05) is 24.5 Å². The van der Waals surface area contributed by atoms with Crippen LogP contribution in [0, 0.1) is 33.6 Å². The zero-order chi connectivity index (χ0) is 27.9. The first kappa shape index (κ1) is 27.1. The van der Waals surface area contributed by atoms with Gasteiger partial charge in [0.05, 0.1) is 18.2 Å². The van der Waals surface area contributed by atoms with E-state index >= 15 is 0 Å². The fourth-order valence-corrected chi connectivity index (χ4v) is 7.50. The number of rotatable bonds is 5. The molecule has 3 heterocycles. The van der Waals surface area contributed by atoms with E-state index in [1.807, 2.05) is 58.0 Å². The van der Waals surface area contributed by atoms with Crippen molar-refractivity contribution in [1.29, 1.82) is 0 Å². The number of benzene rings is 2. The fourth-order valence-electron chi connectivity index (χ4n) is 5.72. The monoisotopic (exact) mass is 549 g/mol. The van der Waals surface area contributed by atoms with E-state index in [0.717, 1.165) is 22.4 Å². The summed E-state index contributed by atoms with van der Waals surface area (Å²) in [6.45, 7) is 10.5. The summed E-state index contributed by atoms with van der Waals surface area (Å²) < 4.78 is 40.6. The summed E-state index contributed by atoms with van der Waals surface area (Å²) in [5.74, 6) is 0.325. The molecule has 1 aromatic heterocycles. The zero-order valence-electron chi connectivity index (χ0n) is 23.1. The topological polar surface area (TPSA) is 93.0 Å². The molecule has 2 unspecified atom stereocenters. The van der Waals surface area contributed by atoms with Crippen molar-refractivity contribution in [2.24, 2.45) is 5.92 Å². The molecule has 2 atom stereocenters. The fraction of sp³-hybridized carbons (Fsp3) is 0.400. The summed E-state index contributed by atoms with van der Waals surface area (Å²) >= 11 is 0. The minimum absolute atomic E-state index is 0.0552. The molecule has 0 aliphatic carbocycles. The largest absolute Gasteiger partial charge is 0.487 e. The van der Waals surface area contributed by atoms with Gasteiger partial charge in [-0.1, -0.05) is 41.1 Å². The van der Waals surface area contributed by atoms with Gasteiger partial charge < -0.3 is 14.2 Å². The van der Waals surface area contributed by atoms with Crippen LogP contribution in [0.25, 0.3) is 12.2 Å². The molecule has 5 rings (SSSR count). The molecule has 1 amide bonds. The molecule has 9 heteroatoms. The van der Waals surface area contributed by atoms with Crippen LogP contribution in [-0.4, -0.2) is 49.5 Å². The molecule has 2 aliphatic rings. The summed E-state index contributed by atoms with van der Waals surface area (Å²) in [6.07, 6.45) is 4.62. The van der Waals surface area contributed by atoms with Crippen molar-refractivity contribution in [2.45, 2.75) is 58.5 Å². The highest BCUT2D eigenvalue weighted by Gasteiger charge is 2.39. The molecule has 0 saturated carbocycles. The van der Waals surface area contributed by atoms with Crippen LogP contribution in [0.1, 0.15) is 53.5 Å². The van der Waals surface area contributed by atoms with E-state index in [1.165, 1.54) is 9.87 Å². The normalized spacial score (nSPS) is 20.2. The lowest BCUT2D eigenvalue weighted by Crippen LogP contribution is -2.50. The van der Waals surface area contributed by atoms with Crippen LogP contribution in [0.5, 0.6) is 5.75 Å². The van der Waals surface area contributed by atoms with Gasteiger partial charge in [-0.3, -0.25) is 4.79 Å². The van der Waals surface area contributed by atoms with Gasteiger partial charge in [0.25, 0.3) is 0 Å². The maximum atomic E-state index is 13.9. The van der Waals surface area contributed by atoms with Crippen LogP contribution in [0.15, 0.2) is 45.8 Å². The van der Waals surface area contributed by atoms with Crippen molar-refractivity contribution >= 4 is 33.8 Å². The number of anilines is 1. The van der Waals surface area contributed by atoms with Crippen LogP contribution in [0.4, 0.5) is 5.69 Å². The average Bonchev–Trinajstić information content (AvgIpc) is 3.28. The molecule has 39 heavy (non-hydrogen) atoms. The quantitative estimate of drug-likeness (QED) is 0.429. The second kappa shape index (κ2) is 10.6. The number of aryl methyl sites for hydroxylation is 4. The lowest BCUT2D eigenvalue weighted by atomic mass is 9.97. The number of aromatic nitrogens is 1. The first-order valence-electron chi connectivity index (χ1n) is 13.4. The molecule has 1 saturated heterocycles. The number of amides is 1. The molecule has 2 aromatic carbocycles. The molecule has 3 aromatic rings. The van der Waals surface area contributed by atoms with Crippen LogP contribution < -0.4 is 9.64 Å². The number of nitrogens with zero attached hydrogens (tertiary/aromatic N) is 3. The Morgan fingerprint density at radius 3 is 2.51 bits per heavy atom. The predicted octanol–water partition coefficient (Wildman–Crippen LogP) is 5.29. The highest BCUT2D eigenvalue weighted by Crippen LogP contribution is 2.36. The van der Waals surface area contributed by atoms with Gasteiger partial charge in [0.15, 0.2) is 10.7 Å². The molecule has 8 nitrogen and oxygen atoms in total. The number of sulfonamides is 1. The molecular formula is C30H35N3O5S. The molecule has 0 spiro atoms. The van der Waals surface area contributed by atoms with Crippen LogP contribution in [0.3, 0.4) is 0 Å².